The number of carbonyl (C=O) groups excluding carboxylic acids is 1. The molecular weight excluding hydrogens is 541 g/mol. The SMILES string of the molecule is CCCCNC(=O)[C@](F)(OC(F)(F)[C@](F)(OC(F)(F)C(F)(F)C(F)(F)F)C(F)(F)F)C(F)(F)F. The average molecular weight is 551 g/mol. The van der Waals surface area contributed by atoms with Gasteiger partial charge in [-0.3, -0.25) is 14.3 Å². The Morgan fingerprint density at radius 3 is 1.41 bits per heavy atom. The van der Waals surface area contributed by atoms with Crippen molar-refractivity contribution in [2.75, 3.05) is 6.54 Å². The lowest BCUT2D eigenvalue weighted by Gasteiger charge is -2.40. The van der Waals surface area contributed by atoms with E-state index in [9.17, 15) is 79.4 Å². The second kappa shape index (κ2) is 9.34. The Morgan fingerprint density at radius 1 is 0.647 bits per heavy atom. The lowest BCUT2D eigenvalue weighted by Crippen LogP contribution is -2.68. The third-order valence-electron chi connectivity index (χ3n) is 3.47. The monoisotopic (exact) mass is 551 g/mol. The van der Waals surface area contributed by atoms with E-state index in [-0.39, 0.29) is 12.8 Å². The van der Waals surface area contributed by atoms with Gasteiger partial charge in [-0.1, -0.05) is 13.3 Å². The molecule has 0 saturated carbocycles. The van der Waals surface area contributed by atoms with E-state index in [0.29, 0.717) is 0 Å². The summed E-state index contributed by atoms with van der Waals surface area (Å²) in [7, 11) is 0. The summed E-state index contributed by atoms with van der Waals surface area (Å²) in [4.78, 5) is 11.3. The van der Waals surface area contributed by atoms with Gasteiger partial charge in [0.15, 0.2) is 0 Å². The largest absolute Gasteiger partial charge is 0.462 e. The molecule has 0 aliphatic carbocycles. The van der Waals surface area contributed by atoms with Gasteiger partial charge in [-0.25, -0.2) is 0 Å². The van der Waals surface area contributed by atoms with Gasteiger partial charge in [-0.2, -0.15) is 74.6 Å². The van der Waals surface area contributed by atoms with Gasteiger partial charge in [-0.15, -0.1) is 0 Å². The number of rotatable bonds is 10. The van der Waals surface area contributed by atoms with E-state index in [1.165, 1.54) is 11.7 Å². The second-order valence-corrected chi connectivity index (χ2v) is 6.11. The molecule has 0 spiro atoms. The fourth-order valence-corrected chi connectivity index (χ4v) is 1.66. The van der Waals surface area contributed by atoms with Gasteiger partial charge in [0, 0.05) is 6.54 Å². The number of unbranched alkanes of at least 4 members (excludes halogenated alkanes) is 1. The first kappa shape index (κ1) is 32.2. The summed E-state index contributed by atoms with van der Waals surface area (Å²) in [5, 5.41) is 0.882. The van der Waals surface area contributed by atoms with Gasteiger partial charge in [0.1, 0.15) is 0 Å². The molecule has 0 aromatic heterocycles. The minimum absolute atomic E-state index is 0.0284. The molecule has 0 radical (unpaired) electrons. The van der Waals surface area contributed by atoms with Crippen molar-refractivity contribution in [3.63, 3.8) is 0 Å². The highest BCUT2D eigenvalue weighted by Crippen LogP contribution is 2.56. The Balaban J connectivity index is 6.61. The molecule has 34 heavy (non-hydrogen) atoms. The van der Waals surface area contributed by atoms with Crippen molar-refractivity contribution in [3.8, 4) is 0 Å². The number of hydrogen-bond acceptors (Lipinski definition) is 3. The minimum atomic E-state index is -8.01. The molecule has 0 aromatic rings. The molecule has 0 rings (SSSR count). The van der Waals surface area contributed by atoms with Crippen molar-refractivity contribution in [1.29, 1.82) is 0 Å². The number of amides is 1. The molecule has 4 nitrogen and oxygen atoms in total. The molecule has 0 aromatic carbocycles. The van der Waals surface area contributed by atoms with Gasteiger partial charge < -0.3 is 5.32 Å². The van der Waals surface area contributed by atoms with Crippen molar-refractivity contribution < 1.29 is 88.9 Å². The smallest absolute Gasteiger partial charge is 0.351 e. The first-order valence-corrected chi connectivity index (χ1v) is 8.04. The molecule has 0 unspecified atom stereocenters. The summed E-state index contributed by atoms with van der Waals surface area (Å²) < 4.78 is 223. The third-order valence-corrected chi connectivity index (χ3v) is 3.47. The molecule has 0 fully saturated rings. The van der Waals surface area contributed by atoms with Crippen LogP contribution in [0.1, 0.15) is 19.8 Å². The fraction of sp³-hybridized carbons (Fsp3) is 0.923. The van der Waals surface area contributed by atoms with Gasteiger partial charge in [-0.05, 0) is 6.42 Å². The molecular formula is C13H10F17NO3. The van der Waals surface area contributed by atoms with E-state index < -0.39 is 60.8 Å². The number of alkyl halides is 17. The maximum absolute atomic E-state index is 14.0. The van der Waals surface area contributed by atoms with Crippen molar-refractivity contribution in [2.24, 2.45) is 0 Å². The number of nitrogens with one attached hydrogen (secondary N) is 1. The summed E-state index contributed by atoms with van der Waals surface area (Å²) >= 11 is 0. The number of halogens is 17. The summed E-state index contributed by atoms with van der Waals surface area (Å²) in [6.45, 7) is 0.316. The Morgan fingerprint density at radius 2 is 1.09 bits per heavy atom. The fourth-order valence-electron chi connectivity index (χ4n) is 1.66. The number of ether oxygens (including phenoxy) is 2. The van der Waals surface area contributed by atoms with Crippen LogP contribution in [0.5, 0.6) is 0 Å². The molecule has 21 heteroatoms. The van der Waals surface area contributed by atoms with Crippen LogP contribution >= 0.6 is 0 Å². The molecule has 1 N–H and O–H groups in total. The maximum Gasteiger partial charge on any atom is 0.462 e. The van der Waals surface area contributed by atoms with Gasteiger partial charge in [0.2, 0.25) is 0 Å². The highest BCUT2D eigenvalue weighted by Gasteiger charge is 2.85. The Hall–Kier alpha value is -1.80. The predicted octanol–water partition coefficient (Wildman–Crippen LogP) is 5.78. The molecule has 0 aliphatic heterocycles. The van der Waals surface area contributed by atoms with Crippen LogP contribution in [0.3, 0.4) is 0 Å². The standard InChI is InChI=1S/C13H10F17NO3/c1-2-3-4-31-5(32)6(14,9(18,19)20)33-13(29,30)8(17,11(24,25)26)34-12(27,28)7(15,16)10(21,22)23/h2-4H2,1H3,(H,31,32)/t6-,8+/m0/s1. The summed E-state index contributed by atoms with van der Waals surface area (Å²) in [6, 6.07) is 0. The molecule has 0 aliphatic rings. The zero-order valence-electron chi connectivity index (χ0n) is 15.8. The predicted molar refractivity (Wildman–Crippen MR) is 70.8 cm³/mol. The normalized spacial score (nSPS) is 18.3. The molecule has 0 bridgehead atoms. The summed E-state index contributed by atoms with van der Waals surface area (Å²) in [6.07, 6.45) is -38.6. The first-order chi connectivity index (χ1) is 14.6. The molecule has 1 amide bonds. The van der Waals surface area contributed by atoms with Crippen LogP contribution in [0.2, 0.25) is 0 Å². The lowest BCUT2D eigenvalue weighted by molar-refractivity contribution is -0.548. The second-order valence-electron chi connectivity index (χ2n) is 6.11. The zero-order valence-corrected chi connectivity index (χ0v) is 15.8. The number of carbonyl (C=O) groups is 1. The highest BCUT2D eigenvalue weighted by atomic mass is 19.4. The lowest BCUT2D eigenvalue weighted by atomic mass is 10.2. The topological polar surface area (TPSA) is 47.6 Å². The average Bonchev–Trinajstić information content (AvgIpc) is 2.57. The quantitative estimate of drug-likeness (QED) is 0.277. The zero-order chi connectivity index (χ0) is 27.8. The third kappa shape index (κ3) is 5.88. The summed E-state index contributed by atoms with van der Waals surface area (Å²) in [5.41, 5.74) is 0. The maximum atomic E-state index is 14.0. The summed E-state index contributed by atoms with van der Waals surface area (Å²) in [5.74, 6) is -25.9. The van der Waals surface area contributed by atoms with Crippen molar-refractivity contribution in [2.45, 2.75) is 68.1 Å². The van der Waals surface area contributed by atoms with Gasteiger partial charge in [0.05, 0.1) is 0 Å². The Bertz CT molecular complexity index is 715. The highest BCUT2D eigenvalue weighted by molar-refractivity contribution is 5.84. The van der Waals surface area contributed by atoms with Crippen LogP contribution < -0.4 is 5.32 Å². The van der Waals surface area contributed by atoms with E-state index in [1.54, 1.807) is 0 Å². The van der Waals surface area contributed by atoms with E-state index in [0.717, 1.165) is 5.32 Å². The Kier molecular flexibility index (Phi) is 8.84. The molecule has 2 atom stereocenters. The van der Waals surface area contributed by atoms with Crippen LogP contribution in [-0.4, -0.2) is 60.8 Å². The van der Waals surface area contributed by atoms with Crippen molar-refractivity contribution in [3.05, 3.63) is 0 Å². The Labute approximate surface area is 176 Å². The van der Waals surface area contributed by atoms with Gasteiger partial charge >= 0.3 is 48.4 Å². The molecule has 204 valence electrons. The van der Waals surface area contributed by atoms with Crippen LogP contribution in [0.4, 0.5) is 74.6 Å². The molecule has 0 heterocycles. The van der Waals surface area contributed by atoms with E-state index in [1.807, 2.05) is 4.74 Å². The van der Waals surface area contributed by atoms with Crippen molar-refractivity contribution in [1.82, 2.24) is 5.32 Å². The van der Waals surface area contributed by atoms with E-state index >= 15 is 0 Å². The van der Waals surface area contributed by atoms with Crippen LogP contribution in [0, 0.1) is 0 Å². The van der Waals surface area contributed by atoms with E-state index in [4.69, 9.17) is 0 Å². The molecule has 0 saturated heterocycles. The van der Waals surface area contributed by atoms with E-state index in [2.05, 4.69) is 0 Å². The van der Waals surface area contributed by atoms with Crippen LogP contribution in [0.15, 0.2) is 0 Å². The van der Waals surface area contributed by atoms with Crippen molar-refractivity contribution >= 4 is 5.91 Å². The number of hydrogen-bond donors (Lipinski definition) is 1. The van der Waals surface area contributed by atoms with Crippen LogP contribution in [0.25, 0.3) is 0 Å². The van der Waals surface area contributed by atoms with Gasteiger partial charge in [0.25, 0.3) is 5.91 Å². The van der Waals surface area contributed by atoms with Crippen LogP contribution in [-0.2, 0) is 14.3 Å². The minimum Gasteiger partial charge on any atom is -0.351 e. The first-order valence-electron chi connectivity index (χ1n) is 8.04.